The van der Waals surface area contributed by atoms with E-state index in [2.05, 4.69) is 16.4 Å². The maximum Gasteiger partial charge on any atom is 0.257 e. The molecule has 0 saturated carbocycles. The van der Waals surface area contributed by atoms with Crippen LogP contribution in [0.4, 0.5) is 4.39 Å². The van der Waals surface area contributed by atoms with E-state index in [4.69, 9.17) is 4.74 Å². The Balaban J connectivity index is 1.68. The van der Waals surface area contributed by atoms with Crippen LogP contribution >= 0.6 is 0 Å². The molecule has 1 fully saturated rings. The van der Waals surface area contributed by atoms with Gasteiger partial charge in [-0.15, -0.1) is 5.10 Å². The zero-order chi connectivity index (χ0) is 22.5. The van der Waals surface area contributed by atoms with Crippen molar-refractivity contribution in [1.82, 2.24) is 20.0 Å². The van der Waals surface area contributed by atoms with Crippen LogP contribution in [0, 0.1) is 25.9 Å². The number of rotatable bonds is 7. The van der Waals surface area contributed by atoms with Gasteiger partial charge in [-0.1, -0.05) is 6.07 Å². The van der Waals surface area contributed by atoms with Crippen molar-refractivity contribution in [3.63, 3.8) is 0 Å². The summed E-state index contributed by atoms with van der Waals surface area (Å²) in [5, 5.41) is 7.98. The number of carbonyl (C=O) groups excluding carboxylic acids is 2. The minimum absolute atomic E-state index is 0.0354. The van der Waals surface area contributed by atoms with Crippen molar-refractivity contribution in [3.05, 3.63) is 58.2 Å². The third kappa shape index (κ3) is 5.64. The number of piperazine rings is 1. The summed E-state index contributed by atoms with van der Waals surface area (Å²) in [6, 6.07) is 4.46. The van der Waals surface area contributed by atoms with Crippen molar-refractivity contribution in [2.45, 2.75) is 40.2 Å². The number of hydrogen-bond acceptors (Lipinski definition) is 5. The van der Waals surface area contributed by atoms with Crippen LogP contribution in [-0.2, 0) is 16.0 Å². The number of carbonyl (C=O) groups is 2. The second-order valence-corrected chi connectivity index (χ2v) is 8.03. The van der Waals surface area contributed by atoms with E-state index in [1.165, 1.54) is 17.0 Å². The molecule has 3 rings (SSSR count). The van der Waals surface area contributed by atoms with Gasteiger partial charge in [-0.2, -0.15) is 5.10 Å². The Morgan fingerprint density at radius 3 is 2.77 bits per heavy atom. The highest BCUT2D eigenvalue weighted by Gasteiger charge is 2.29. The Kier molecular flexibility index (Phi) is 7.33. The van der Waals surface area contributed by atoms with Gasteiger partial charge >= 0.3 is 0 Å². The molecule has 2 heterocycles. The van der Waals surface area contributed by atoms with Crippen LogP contribution in [-0.4, -0.2) is 70.7 Å². The van der Waals surface area contributed by atoms with E-state index in [1.54, 1.807) is 11.0 Å². The molecule has 2 aromatic rings. The zero-order valence-corrected chi connectivity index (χ0v) is 18.4. The maximum atomic E-state index is 14.5. The van der Waals surface area contributed by atoms with Gasteiger partial charge in [0.15, 0.2) is 0 Å². The summed E-state index contributed by atoms with van der Waals surface area (Å²) in [7, 11) is 0. The Bertz CT molecular complexity index is 964. The molecule has 8 heteroatoms. The van der Waals surface area contributed by atoms with Crippen LogP contribution < -0.4 is 0 Å². The SMILES string of the molecule is Cc1[c]nnc(Cc2ccc(F)c(C(=O)N3CCN(CCOC(C)C)C(=O)C3)c2)c1C. The van der Waals surface area contributed by atoms with Crippen LogP contribution in [0.3, 0.4) is 0 Å². The van der Waals surface area contributed by atoms with E-state index in [1.807, 2.05) is 27.7 Å². The summed E-state index contributed by atoms with van der Waals surface area (Å²) >= 11 is 0. The molecular weight excluding hydrogens is 399 g/mol. The van der Waals surface area contributed by atoms with E-state index in [0.717, 1.165) is 22.4 Å². The van der Waals surface area contributed by atoms with Crippen LogP contribution in [0.1, 0.15) is 46.6 Å². The molecule has 1 aliphatic heterocycles. The predicted octanol–water partition coefficient (Wildman–Crippen LogP) is 2.33. The standard InChI is InChI=1S/C23H28FN4O3/c1-15(2)31-10-9-27-7-8-28(14-22(27)29)23(30)19-11-18(5-6-20(19)24)12-21-17(4)16(3)13-25-26-21/h5-6,11,15H,7-10,12,14H2,1-4H3. The van der Waals surface area contributed by atoms with Gasteiger partial charge in [-0.05, 0) is 56.5 Å². The largest absolute Gasteiger partial charge is 0.377 e. The molecule has 0 aliphatic carbocycles. The first kappa shape index (κ1) is 22.8. The molecule has 0 unspecified atom stereocenters. The number of aryl methyl sites for hydroxylation is 1. The first-order chi connectivity index (χ1) is 14.8. The van der Waals surface area contributed by atoms with Crippen molar-refractivity contribution >= 4 is 11.8 Å². The highest BCUT2D eigenvalue weighted by atomic mass is 19.1. The fourth-order valence-electron chi connectivity index (χ4n) is 3.43. The number of nitrogens with zero attached hydrogens (tertiary/aromatic N) is 4. The van der Waals surface area contributed by atoms with Crippen LogP contribution in [0.25, 0.3) is 0 Å². The topological polar surface area (TPSA) is 75.6 Å². The highest BCUT2D eigenvalue weighted by Crippen LogP contribution is 2.19. The second kappa shape index (κ2) is 9.96. The van der Waals surface area contributed by atoms with Gasteiger partial charge in [0.2, 0.25) is 5.91 Å². The Morgan fingerprint density at radius 2 is 2.06 bits per heavy atom. The lowest BCUT2D eigenvalue weighted by atomic mass is 10.0. The van der Waals surface area contributed by atoms with E-state index in [-0.39, 0.29) is 24.1 Å². The smallest absolute Gasteiger partial charge is 0.257 e. The minimum Gasteiger partial charge on any atom is -0.377 e. The van der Waals surface area contributed by atoms with Crippen molar-refractivity contribution in [2.24, 2.45) is 0 Å². The molecule has 165 valence electrons. The van der Waals surface area contributed by atoms with Crippen LogP contribution in [0.2, 0.25) is 0 Å². The van der Waals surface area contributed by atoms with E-state index in [9.17, 15) is 14.0 Å². The lowest BCUT2D eigenvalue weighted by Gasteiger charge is -2.34. The van der Waals surface area contributed by atoms with Crippen LogP contribution in [0.15, 0.2) is 18.2 Å². The van der Waals surface area contributed by atoms with Gasteiger partial charge in [0.25, 0.3) is 5.91 Å². The number of benzene rings is 1. The lowest BCUT2D eigenvalue weighted by molar-refractivity contribution is -0.136. The number of hydrogen-bond donors (Lipinski definition) is 0. The summed E-state index contributed by atoms with van der Waals surface area (Å²) in [6.45, 7) is 9.34. The summed E-state index contributed by atoms with van der Waals surface area (Å²) in [6.07, 6.45) is 3.33. The normalized spacial score (nSPS) is 14.5. The van der Waals surface area contributed by atoms with Crippen molar-refractivity contribution in [1.29, 1.82) is 0 Å². The van der Waals surface area contributed by atoms with E-state index >= 15 is 0 Å². The van der Waals surface area contributed by atoms with Gasteiger partial charge in [-0.25, -0.2) is 4.39 Å². The molecule has 7 nitrogen and oxygen atoms in total. The quantitative estimate of drug-likeness (QED) is 0.678. The first-order valence-corrected chi connectivity index (χ1v) is 10.4. The second-order valence-electron chi connectivity index (χ2n) is 8.03. The Morgan fingerprint density at radius 1 is 1.29 bits per heavy atom. The molecular formula is C23H28FN4O3. The molecule has 31 heavy (non-hydrogen) atoms. The number of halogens is 1. The number of amides is 2. The van der Waals surface area contributed by atoms with Crippen molar-refractivity contribution in [2.75, 3.05) is 32.8 Å². The molecule has 1 aromatic heterocycles. The monoisotopic (exact) mass is 427 g/mol. The summed E-state index contributed by atoms with van der Waals surface area (Å²) in [4.78, 5) is 28.5. The van der Waals surface area contributed by atoms with Crippen molar-refractivity contribution in [3.8, 4) is 0 Å². The summed E-state index contributed by atoms with van der Waals surface area (Å²) in [5.41, 5.74) is 3.35. The lowest BCUT2D eigenvalue weighted by Crippen LogP contribution is -2.53. The Hall–Kier alpha value is -2.87. The molecule has 1 aromatic carbocycles. The average Bonchev–Trinajstić information content (AvgIpc) is 2.73. The highest BCUT2D eigenvalue weighted by molar-refractivity contribution is 5.97. The molecule has 0 N–H and O–H groups in total. The third-order valence-electron chi connectivity index (χ3n) is 5.43. The molecule has 1 radical (unpaired) electrons. The molecule has 0 atom stereocenters. The van der Waals surface area contributed by atoms with Crippen LogP contribution in [0.5, 0.6) is 0 Å². The fourth-order valence-corrected chi connectivity index (χ4v) is 3.43. The zero-order valence-electron chi connectivity index (χ0n) is 18.4. The number of aromatic nitrogens is 2. The van der Waals surface area contributed by atoms with E-state index < -0.39 is 11.7 Å². The fraction of sp³-hybridized carbons (Fsp3) is 0.478. The molecule has 0 spiro atoms. The van der Waals surface area contributed by atoms with Gasteiger partial charge in [0, 0.05) is 26.1 Å². The van der Waals surface area contributed by atoms with Gasteiger partial charge < -0.3 is 14.5 Å². The van der Waals surface area contributed by atoms with Gasteiger partial charge in [0.05, 0.1) is 24.0 Å². The van der Waals surface area contributed by atoms with Gasteiger partial charge in [0.1, 0.15) is 18.6 Å². The summed E-state index contributed by atoms with van der Waals surface area (Å²) < 4.78 is 20.0. The molecule has 1 aliphatic rings. The molecule has 2 amide bonds. The predicted molar refractivity (Wildman–Crippen MR) is 113 cm³/mol. The van der Waals surface area contributed by atoms with E-state index in [0.29, 0.717) is 32.7 Å². The van der Waals surface area contributed by atoms with Gasteiger partial charge in [-0.3, -0.25) is 9.59 Å². The molecule has 0 bridgehead atoms. The maximum absolute atomic E-state index is 14.5. The van der Waals surface area contributed by atoms with Crippen molar-refractivity contribution < 1.29 is 18.7 Å². The minimum atomic E-state index is -0.602. The first-order valence-electron chi connectivity index (χ1n) is 10.4. The Labute approximate surface area is 182 Å². The summed E-state index contributed by atoms with van der Waals surface area (Å²) in [5.74, 6) is -1.24. The average molecular weight is 428 g/mol. The molecule has 1 saturated heterocycles. The third-order valence-corrected chi connectivity index (χ3v) is 5.43. The number of ether oxygens (including phenoxy) is 1.